The lowest BCUT2D eigenvalue weighted by Crippen LogP contribution is -2.18. The highest BCUT2D eigenvalue weighted by Gasteiger charge is 2.11. The number of nitrogens with one attached hydrogen (secondary N) is 1. The van der Waals surface area contributed by atoms with Crippen LogP contribution in [0.5, 0.6) is 0 Å². The zero-order valence-corrected chi connectivity index (χ0v) is 12.7. The summed E-state index contributed by atoms with van der Waals surface area (Å²) in [7, 11) is 0. The van der Waals surface area contributed by atoms with Gasteiger partial charge in [0.25, 0.3) is 5.91 Å². The standard InChI is InChI=1S/C17H18N2OS/c1-2-12-7-9-14(10-8-12)19-17(20)15-6-4-3-5-13(15)11-16(18)21/h3-10H,2,11H2,1H3,(H2,18,21)(H,19,20). The molecule has 0 spiro atoms. The molecule has 1 amide bonds. The second kappa shape index (κ2) is 6.99. The van der Waals surface area contributed by atoms with Gasteiger partial charge in [-0.2, -0.15) is 0 Å². The van der Waals surface area contributed by atoms with Gasteiger partial charge in [-0.15, -0.1) is 0 Å². The summed E-state index contributed by atoms with van der Waals surface area (Å²) in [6.45, 7) is 2.10. The second-order valence-corrected chi connectivity index (χ2v) is 5.33. The van der Waals surface area contributed by atoms with Crippen LogP contribution in [-0.4, -0.2) is 10.9 Å². The number of benzene rings is 2. The van der Waals surface area contributed by atoms with Crippen molar-refractivity contribution in [2.24, 2.45) is 5.73 Å². The molecule has 2 aromatic carbocycles. The van der Waals surface area contributed by atoms with Crippen LogP contribution < -0.4 is 11.1 Å². The summed E-state index contributed by atoms with van der Waals surface area (Å²) in [5.74, 6) is -0.147. The fourth-order valence-electron chi connectivity index (χ4n) is 2.11. The maximum atomic E-state index is 12.4. The van der Waals surface area contributed by atoms with E-state index in [1.807, 2.05) is 42.5 Å². The smallest absolute Gasteiger partial charge is 0.255 e. The normalized spacial score (nSPS) is 10.1. The molecule has 2 aromatic rings. The van der Waals surface area contributed by atoms with E-state index in [2.05, 4.69) is 12.2 Å². The number of anilines is 1. The number of carbonyl (C=O) groups excluding carboxylic acids is 1. The van der Waals surface area contributed by atoms with E-state index in [-0.39, 0.29) is 5.91 Å². The van der Waals surface area contributed by atoms with Gasteiger partial charge in [-0.1, -0.05) is 49.5 Å². The average molecular weight is 298 g/mol. The Morgan fingerprint density at radius 1 is 1.14 bits per heavy atom. The molecule has 0 aliphatic heterocycles. The molecule has 0 aromatic heterocycles. The Morgan fingerprint density at radius 3 is 2.43 bits per heavy atom. The van der Waals surface area contributed by atoms with Gasteiger partial charge in [-0.05, 0) is 35.7 Å². The van der Waals surface area contributed by atoms with Crippen molar-refractivity contribution >= 4 is 28.8 Å². The number of rotatable bonds is 5. The highest BCUT2D eigenvalue weighted by atomic mass is 32.1. The Labute approximate surface area is 130 Å². The summed E-state index contributed by atoms with van der Waals surface area (Å²) >= 11 is 4.93. The Kier molecular flexibility index (Phi) is 5.06. The fourth-order valence-corrected chi connectivity index (χ4v) is 2.26. The van der Waals surface area contributed by atoms with Crippen LogP contribution in [0, 0.1) is 0 Å². The molecule has 3 N–H and O–H groups in total. The van der Waals surface area contributed by atoms with Gasteiger partial charge in [0.2, 0.25) is 0 Å². The van der Waals surface area contributed by atoms with Crippen molar-refractivity contribution in [2.45, 2.75) is 19.8 Å². The van der Waals surface area contributed by atoms with Crippen molar-refractivity contribution in [3.63, 3.8) is 0 Å². The van der Waals surface area contributed by atoms with Gasteiger partial charge in [-0.25, -0.2) is 0 Å². The number of carbonyl (C=O) groups is 1. The van der Waals surface area contributed by atoms with Crippen molar-refractivity contribution in [2.75, 3.05) is 5.32 Å². The molecule has 0 aliphatic rings. The van der Waals surface area contributed by atoms with E-state index in [4.69, 9.17) is 18.0 Å². The van der Waals surface area contributed by atoms with E-state index in [0.29, 0.717) is 17.0 Å². The van der Waals surface area contributed by atoms with Gasteiger partial charge in [0.1, 0.15) is 0 Å². The quantitative estimate of drug-likeness (QED) is 0.833. The third-order valence-electron chi connectivity index (χ3n) is 3.25. The van der Waals surface area contributed by atoms with Crippen LogP contribution in [0.4, 0.5) is 5.69 Å². The first-order chi connectivity index (χ1) is 10.1. The maximum absolute atomic E-state index is 12.4. The number of amides is 1. The predicted octanol–water partition coefficient (Wildman–Crippen LogP) is 3.33. The first-order valence-corrected chi connectivity index (χ1v) is 7.27. The number of nitrogens with two attached hydrogens (primary N) is 1. The molecule has 0 aliphatic carbocycles. The molecule has 0 fully saturated rings. The molecule has 0 atom stereocenters. The summed E-state index contributed by atoms with van der Waals surface area (Å²) in [4.78, 5) is 12.8. The highest BCUT2D eigenvalue weighted by Crippen LogP contribution is 2.15. The second-order valence-electron chi connectivity index (χ2n) is 4.80. The van der Waals surface area contributed by atoms with Crippen LogP contribution in [0.1, 0.15) is 28.4 Å². The highest BCUT2D eigenvalue weighted by molar-refractivity contribution is 7.80. The first kappa shape index (κ1) is 15.2. The van der Waals surface area contributed by atoms with Crippen LogP contribution in [0.15, 0.2) is 48.5 Å². The first-order valence-electron chi connectivity index (χ1n) is 6.86. The number of aryl methyl sites for hydroxylation is 1. The Hall–Kier alpha value is -2.20. The summed E-state index contributed by atoms with van der Waals surface area (Å²) in [5, 5.41) is 2.90. The maximum Gasteiger partial charge on any atom is 0.255 e. The van der Waals surface area contributed by atoms with Crippen LogP contribution in [0.25, 0.3) is 0 Å². The number of hydrogen-bond acceptors (Lipinski definition) is 2. The monoisotopic (exact) mass is 298 g/mol. The van der Waals surface area contributed by atoms with Gasteiger partial charge in [0, 0.05) is 17.7 Å². The number of hydrogen-bond donors (Lipinski definition) is 2. The van der Waals surface area contributed by atoms with Crippen molar-refractivity contribution in [1.82, 2.24) is 0 Å². The molecule has 0 bridgehead atoms. The van der Waals surface area contributed by atoms with Crippen molar-refractivity contribution in [3.05, 3.63) is 65.2 Å². The Balaban J connectivity index is 2.17. The van der Waals surface area contributed by atoms with Gasteiger partial charge in [-0.3, -0.25) is 4.79 Å². The van der Waals surface area contributed by atoms with E-state index in [1.54, 1.807) is 6.07 Å². The number of thiocarbonyl (C=S) groups is 1. The molecule has 4 heteroatoms. The minimum Gasteiger partial charge on any atom is -0.393 e. The van der Waals surface area contributed by atoms with Gasteiger partial charge < -0.3 is 11.1 Å². The lowest BCUT2D eigenvalue weighted by molar-refractivity contribution is 0.102. The Bertz CT molecular complexity index is 650. The molecule has 108 valence electrons. The molecular formula is C17H18N2OS. The average Bonchev–Trinajstić information content (AvgIpc) is 2.48. The molecule has 0 heterocycles. The molecule has 0 saturated heterocycles. The molecule has 0 unspecified atom stereocenters. The topological polar surface area (TPSA) is 55.1 Å². The minimum absolute atomic E-state index is 0.147. The van der Waals surface area contributed by atoms with Gasteiger partial charge in [0.15, 0.2) is 0 Å². The minimum atomic E-state index is -0.147. The van der Waals surface area contributed by atoms with E-state index >= 15 is 0 Å². The van der Waals surface area contributed by atoms with Gasteiger partial charge in [0.05, 0.1) is 4.99 Å². The molecule has 21 heavy (non-hydrogen) atoms. The molecule has 0 saturated carbocycles. The molecule has 0 radical (unpaired) electrons. The van der Waals surface area contributed by atoms with Crippen molar-refractivity contribution in [1.29, 1.82) is 0 Å². The lowest BCUT2D eigenvalue weighted by Gasteiger charge is -2.10. The summed E-state index contributed by atoms with van der Waals surface area (Å²) < 4.78 is 0. The summed E-state index contributed by atoms with van der Waals surface area (Å²) in [6, 6.07) is 15.2. The van der Waals surface area contributed by atoms with Crippen LogP contribution in [0.2, 0.25) is 0 Å². The molecule has 2 rings (SSSR count). The fraction of sp³-hybridized carbons (Fsp3) is 0.176. The van der Waals surface area contributed by atoms with Crippen molar-refractivity contribution in [3.8, 4) is 0 Å². The largest absolute Gasteiger partial charge is 0.393 e. The van der Waals surface area contributed by atoms with E-state index in [1.165, 1.54) is 5.56 Å². The summed E-state index contributed by atoms with van der Waals surface area (Å²) in [6.07, 6.45) is 1.40. The third-order valence-corrected chi connectivity index (χ3v) is 3.39. The van der Waals surface area contributed by atoms with E-state index in [0.717, 1.165) is 17.7 Å². The SMILES string of the molecule is CCc1ccc(NC(=O)c2ccccc2CC(N)=S)cc1. The van der Waals surface area contributed by atoms with Gasteiger partial charge >= 0.3 is 0 Å². The lowest BCUT2D eigenvalue weighted by atomic mass is 10.0. The summed E-state index contributed by atoms with van der Waals surface area (Å²) in [5.41, 5.74) is 9.04. The molecule has 3 nitrogen and oxygen atoms in total. The third kappa shape index (κ3) is 4.13. The van der Waals surface area contributed by atoms with E-state index < -0.39 is 0 Å². The van der Waals surface area contributed by atoms with Crippen LogP contribution in [0.3, 0.4) is 0 Å². The predicted molar refractivity (Wildman–Crippen MR) is 90.7 cm³/mol. The zero-order chi connectivity index (χ0) is 15.2. The zero-order valence-electron chi connectivity index (χ0n) is 11.9. The van der Waals surface area contributed by atoms with E-state index in [9.17, 15) is 4.79 Å². The van der Waals surface area contributed by atoms with Crippen LogP contribution in [-0.2, 0) is 12.8 Å². The van der Waals surface area contributed by atoms with Crippen molar-refractivity contribution < 1.29 is 4.79 Å². The Morgan fingerprint density at radius 2 is 1.81 bits per heavy atom. The van der Waals surface area contributed by atoms with Crippen LogP contribution >= 0.6 is 12.2 Å². The molecular weight excluding hydrogens is 280 g/mol.